The second-order valence-electron chi connectivity index (χ2n) is 9.47. The molecule has 2 N–H and O–H groups in total. The lowest BCUT2D eigenvalue weighted by atomic mass is 9.93. The van der Waals surface area contributed by atoms with Gasteiger partial charge in [-0.25, -0.2) is 0 Å². The molecular weight excluding hydrogens is 442 g/mol. The van der Waals surface area contributed by atoms with E-state index < -0.39 is 5.97 Å². The molecule has 0 fully saturated rings. The maximum atomic E-state index is 13.5. The van der Waals surface area contributed by atoms with Crippen LogP contribution in [-0.4, -0.2) is 32.5 Å². The number of aliphatic carboxylic acids is 1. The van der Waals surface area contributed by atoms with E-state index in [1.165, 1.54) is 4.68 Å². The molecule has 0 saturated heterocycles. The lowest BCUT2D eigenvalue weighted by Gasteiger charge is -2.23. The summed E-state index contributed by atoms with van der Waals surface area (Å²) in [6.45, 7) is 8.33. The van der Waals surface area contributed by atoms with Gasteiger partial charge in [-0.1, -0.05) is 55.3 Å². The van der Waals surface area contributed by atoms with E-state index in [-0.39, 0.29) is 37.1 Å². The van der Waals surface area contributed by atoms with Crippen molar-refractivity contribution in [3.05, 3.63) is 88.2 Å². The van der Waals surface area contributed by atoms with Crippen LogP contribution in [0.1, 0.15) is 75.7 Å². The molecule has 0 bridgehead atoms. The van der Waals surface area contributed by atoms with E-state index in [1.54, 1.807) is 36.7 Å². The van der Waals surface area contributed by atoms with Crippen molar-refractivity contribution in [3.63, 3.8) is 0 Å². The maximum Gasteiger partial charge on any atom is 0.303 e. The topological polar surface area (TPSA) is 101 Å². The van der Waals surface area contributed by atoms with Crippen LogP contribution < -0.4 is 5.32 Å². The second kappa shape index (κ2) is 11.6. The van der Waals surface area contributed by atoms with Crippen LogP contribution in [0, 0.1) is 19.8 Å². The first-order valence-corrected chi connectivity index (χ1v) is 11.9. The zero-order chi connectivity index (χ0) is 25.5. The monoisotopic (exact) mass is 475 g/mol. The molecule has 1 amide bonds. The molecule has 7 heteroatoms. The van der Waals surface area contributed by atoms with Crippen molar-refractivity contribution < 1.29 is 19.5 Å². The van der Waals surface area contributed by atoms with Gasteiger partial charge in [0.2, 0.25) is 0 Å². The molecule has 1 unspecified atom stereocenters. The minimum Gasteiger partial charge on any atom is -0.481 e. The van der Waals surface area contributed by atoms with Gasteiger partial charge in [-0.2, -0.15) is 5.10 Å². The third-order valence-electron chi connectivity index (χ3n) is 5.81. The summed E-state index contributed by atoms with van der Waals surface area (Å²) in [5.74, 6) is -1.10. The number of aryl methyl sites for hydroxylation is 3. The molecule has 7 nitrogen and oxygen atoms in total. The Morgan fingerprint density at radius 1 is 1.06 bits per heavy atom. The Labute approximate surface area is 206 Å². The molecule has 35 heavy (non-hydrogen) atoms. The van der Waals surface area contributed by atoms with E-state index in [9.17, 15) is 19.5 Å². The number of aromatic nitrogens is 2. The van der Waals surface area contributed by atoms with E-state index >= 15 is 0 Å². The van der Waals surface area contributed by atoms with Gasteiger partial charge >= 0.3 is 5.97 Å². The fourth-order valence-electron chi connectivity index (χ4n) is 4.25. The van der Waals surface area contributed by atoms with Gasteiger partial charge in [0.1, 0.15) is 6.54 Å². The Bertz CT molecular complexity index is 1180. The fourth-order valence-corrected chi connectivity index (χ4v) is 4.25. The van der Waals surface area contributed by atoms with Gasteiger partial charge in [0, 0.05) is 29.9 Å². The normalized spacial score (nSPS) is 11.9. The lowest BCUT2D eigenvalue weighted by molar-refractivity contribution is -0.136. The average molecular weight is 476 g/mol. The fraction of sp³-hybridized carbons (Fsp3) is 0.357. The molecule has 0 aliphatic rings. The Morgan fingerprint density at radius 2 is 1.77 bits per heavy atom. The maximum absolute atomic E-state index is 13.5. The molecule has 0 aliphatic carbocycles. The van der Waals surface area contributed by atoms with E-state index in [0.29, 0.717) is 22.6 Å². The molecule has 0 radical (unpaired) electrons. The number of ketones is 1. The van der Waals surface area contributed by atoms with Crippen LogP contribution in [0.25, 0.3) is 0 Å². The molecule has 1 heterocycles. The van der Waals surface area contributed by atoms with Crippen molar-refractivity contribution in [2.45, 2.75) is 59.5 Å². The van der Waals surface area contributed by atoms with Crippen molar-refractivity contribution in [1.29, 1.82) is 0 Å². The van der Waals surface area contributed by atoms with Crippen LogP contribution in [0.2, 0.25) is 0 Å². The van der Waals surface area contributed by atoms with Crippen LogP contribution in [0.5, 0.6) is 0 Å². The van der Waals surface area contributed by atoms with E-state index in [1.807, 2.05) is 13.8 Å². The summed E-state index contributed by atoms with van der Waals surface area (Å²) in [5.41, 5.74) is 4.59. The second-order valence-corrected chi connectivity index (χ2v) is 9.47. The lowest BCUT2D eigenvalue weighted by Crippen LogP contribution is -2.30. The first-order valence-electron chi connectivity index (χ1n) is 11.9. The highest BCUT2D eigenvalue weighted by atomic mass is 16.4. The number of rotatable bonds is 11. The van der Waals surface area contributed by atoms with Crippen LogP contribution in [-0.2, 0) is 17.8 Å². The highest BCUT2D eigenvalue weighted by Gasteiger charge is 2.21. The van der Waals surface area contributed by atoms with Crippen molar-refractivity contribution in [3.8, 4) is 0 Å². The number of carboxylic acid groups (broad SMARTS) is 1. The number of carboxylic acids is 1. The van der Waals surface area contributed by atoms with Crippen LogP contribution >= 0.6 is 0 Å². The number of Topliss-reactive ketones (excluding diaryl/α,β-unsaturated/α-hetero) is 1. The molecule has 0 aliphatic heterocycles. The SMILES string of the molecule is Cc1cc(C)cc(C(CC(C)C)NC(=O)c2cc(C(=O)Cn3cccn3)ccc2CCC(=O)O)c1. The molecule has 3 rings (SSSR count). The number of hydrogen-bond donors (Lipinski definition) is 2. The van der Waals surface area contributed by atoms with Gasteiger partial charge in [-0.05, 0) is 55.9 Å². The summed E-state index contributed by atoms with van der Waals surface area (Å²) in [4.78, 5) is 37.6. The Balaban J connectivity index is 1.93. The zero-order valence-corrected chi connectivity index (χ0v) is 20.7. The van der Waals surface area contributed by atoms with E-state index in [2.05, 4.69) is 42.5 Å². The molecule has 0 spiro atoms. The highest BCUT2D eigenvalue weighted by molar-refractivity contribution is 6.01. The Kier molecular flexibility index (Phi) is 8.58. The Hall–Kier alpha value is -3.74. The van der Waals surface area contributed by atoms with Gasteiger partial charge in [0.25, 0.3) is 5.91 Å². The number of benzene rings is 2. The quantitative estimate of drug-likeness (QED) is 0.384. The number of nitrogens with one attached hydrogen (secondary N) is 1. The van der Waals surface area contributed by atoms with E-state index in [0.717, 1.165) is 23.1 Å². The summed E-state index contributed by atoms with van der Waals surface area (Å²) >= 11 is 0. The third kappa shape index (κ3) is 7.37. The standard InChI is InChI=1S/C28H33N3O4/c1-18(2)12-25(23-14-19(3)13-20(4)15-23)30-28(35)24-16-22(7-6-21(24)8-9-27(33)34)26(32)17-31-11-5-10-29-31/h5-7,10-11,13-16,18,25H,8-9,12,17H2,1-4H3,(H,30,35)(H,33,34). The number of nitrogens with zero attached hydrogens (tertiary/aromatic N) is 2. The first kappa shape index (κ1) is 25.9. The predicted octanol–water partition coefficient (Wildman–Crippen LogP) is 4.92. The third-order valence-corrected chi connectivity index (χ3v) is 5.81. The molecule has 1 aromatic heterocycles. The molecular formula is C28H33N3O4. The van der Waals surface area contributed by atoms with Crippen molar-refractivity contribution in [2.24, 2.45) is 5.92 Å². The molecule has 3 aromatic rings. The van der Waals surface area contributed by atoms with E-state index in [4.69, 9.17) is 0 Å². The summed E-state index contributed by atoms with van der Waals surface area (Å²) in [7, 11) is 0. The summed E-state index contributed by atoms with van der Waals surface area (Å²) in [6.07, 6.45) is 4.14. The molecule has 2 aromatic carbocycles. The van der Waals surface area contributed by atoms with Gasteiger partial charge < -0.3 is 10.4 Å². The van der Waals surface area contributed by atoms with Crippen LogP contribution in [0.15, 0.2) is 54.9 Å². The summed E-state index contributed by atoms with van der Waals surface area (Å²) in [6, 6.07) is 12.7. The minimum absolute atomic E-state index is 0.0566. The number of carbonyl (C=O) groups excluding carboxylic acids is 2. The molecule has 1 atom stereocenters. The minimum atomic E-state index is -0.942. The average Bonchev–Trinajstić information content (AvgIpc) is 3.29. The highest BCUT2D eigenvalue weighted by Crippen LogP contribution is 2.25. The van der Waals surface area contributed by atoms with Gasteiger partial charge in [0.05, 0.1) is 6.04 Å². The zero-order valence-electron chi connectivity index (χ0n) is 20.7. The summed E-state index contributed by atoms with van der Waals surface area (Å²) in [5, 5.41) is 16.4. The number of carbonyl (C=O) groups is 3. The molecule has 184 valence electrons. The predicted molar refractivity (Wildman–Crippen MR) is 135 cm³/mol. The van der Waals surface area contributed by atoms with Crippen molar-refractivity contribution in [2.75, 3.05) is 0 Å². The Morgan fingerprint density at radius 3 is 2.37 bits per heavy atom. The summed E-state index contributed by atoms with van der Waals surface area (Å²) < 4.78 is 1.53. The van der Waals surface area contributed by atoms with Crippen molar-refractivity contribution in [1.82, 2.24) is 15.1 Å². The smallest absolute Gasteiger partial charge is 0.303 e. The number of hydrogen-bond acceptors (Lipinski definition) is 4. The van der Waals surface area contributed by atoms with Crippen molar-refractivity contribution >= 4 is 17.7 Å². The van der Waals surface area contributed by atoms with Gasteiger partial charge in [-0.3, -0.25) is 19.1 Å². The van der Waals surface area contributed by atoms with Gasteiger partial charge in [-0.15, -0.1) is 0 Å². The van der Waals surface area contributed by atoms with Crippen LogP contribution in [0.3, 0.4) is 0 Å². The first-order chi connectivity index (χ1) is 16.6. The number of amides is 1. The van der Waals surface area contributed by atoms with Crippen LogP contribution in [0.4, 0.5) is 0 Å². The molecule has 0 saturated carbocycles. The van der Waals surface area contributed by atoms with Gasteiger partial charge in [0.15, 0.2) is 5.78 Å². The largest absolute Gasteiger partial charge is 0.481 e.